The van der Waals surface area contributed by atoms with E-state index >= 15 is 0 Å². The summed E-state index contributed by atoms with van der Waals surface area (Å²) in [5.74, 6) is 0. The van der Waals surface area contributed by atoms with Crippen molar-refractivity contribution in [2.24, 2.45) is 5.73 Å². The summed E-state index contributed by atoms with van der Waals surface area (Å²) in [5.41, 5.74) is 6.43. The molecule has 5 nitrogen and oxygen atoms in total. The summed E-state index contributed by atoms with van der Waals surface area (Å²) in [6, 6.07) is 5.22. The van der Waals surface area contributed by atoms with Gasteiger partial charge in [-0.2, -0.15) is 0 Å². The lowest BCUT2D eigenvalue weighted by atomic mass is 10.2. The molecule has 0 saturated heterocycles. The Balaban J connectivity index is 2.26. The Morgan fingerprint density at radius 3 is 2.94 bits per heavy atom. The molecule has 0 aliphatic rings. The van der Waals surface area contributed by atoms with Crippen molar-refractivity contribution in [3.05, 3.63) is 46.5 Å². The second-order valence-corrected chi connectivity index (χ2v) is 4.33. The topological polar surface area (TPSA) is 84.7 Å². The molecular formula is C11H12N4OS. The molecule has 0 radical (unpaired) electrons. The number of nitrogens with two attached hydrogens (primary N) is 1. The lowest BCUT2D eigenvalue weighted by Crippen LogP contribution is -2.07. The van der Waals surface area contributed by atoms with Crippen molar-refractivity contribution in [3.8, 4) is 0 Å². The maximum Gasteiger partial charge on any atom is 0.251 e. The zero-order chi connectivity index (χ0) is 12.1. The number of aromatic amines is 1. The molecule has 0 spiro atoms. The maximum atomic E-state index is 11.1. The largest absolute Gasteiger partial charge is 0.330 e. The summed E-state index contributed by atoms with van der Waals surface area (Å²) in [7, 11) is 0. The van der Waals surface area contributed by atoms with E-state index in [1.54, 1.807) is 6.20 Å². The first-order valence-corrected chi connectivity index (χ1v) is 5.98. The van der Waals surface area contributed by atoms with Crippen LogP contribution < -0.4 is 11.3 Å². The monoisotopic (exact) mass is 248 g/mol. The Bertz CT molecular complexity index is 555. The predicted molar refractivity (Wildman–Crippen MR) is 66.0 cm³/mol. The average molecular weight is 248 g/mol. The molecule has 0 aromatic carbocycles. The van der Waals surface area contributed by atoms with E-state index in [0.717, 1.165) is 17.0 Å². The summed E-state index contributed by atoms with van der Waals surface area (Å²) in [4.78, 5) is 22.1. The third-order valence-corrected chi connectivity index (χ3v) is 3.07. The third-order valence-electron chi connectivity index (χ3n) is 2.10. The van der Waals surface area contributed by atoms with Crippen LogP contribution in [0.3, 0.4) is 0 Å². The van der Waals surface area contributed by atoms with E-state index in [9.17, 15) is 4.79 Å². The molecule has 6 heteroatoms. The molecule has 0 unspecified atom stereocenters. The first-order chi connectivity index (χ1) is 8.29. The van der Waals surface area contributed by atoms with Crippen molar-refractivity contribution in [1.82, 2.24) is 15.0 Å². The van der Waals surface area contributed by atoms with Crippen LogP contribution in [-0.2, 0) is 6.42 Å². The molecule has 0 fully saturated rings. The SMILES string of the molecule is NCCc1cccnc1Sc1nccc(=O)[nH]1. The highest BCUT2D eigenvalue weighted by atomic mass is 32.2. The first kappa shape index (κ1) is 11.8. The van der Waals surface area contributed by atoms with Crippen LogP contribution in [0.15, 0.2) is 45.6 Å². The van der Waals surface area contributed by atoms with E-state index in [1.165, 1.54) is 24.0 Å². The molecule has 0 bridgehead atoms. The van der Waals surface area contributed by atoms with Gasteiger partial charge in [-0.1, -0.05) is 6.07 Å². The number of pyridine rings is 1. The number of hydrogen-bond acceptors (Lipinski definition) is 5. The quantitative estimate of drug-likeness (QED) is 0.782. The summed E-state index contributed by atoms with van der Waals surface area (Å²) in [6.45, 7) is 0.567. The van der Waals surface area contributed by atoms with Gasteiger partial charge in [0.25, 0.3) is 5.56 Å². The Labute approximate surface area is 103 Å². The minimum Gasteiger partial charge on any atom is -0.330 e. The van der Waals surface area contributed by atoms with Gasteiger partial charge in [0.15, 0.2) is 5.16 Å². The van der Waals surface area contributed by atoms with Gasteiger partial charge in [-0.3, -0.25) is 4.79 Å². The van der Waals surface area contributed by atoms with Gasteiger partial charge in [0.1, 0.15) is 5.03 Å². The minimum absolute atomic E-state index is 0.168. The summed E-state index contributed by atoms with van der Waals surface area (Å²) in [6.07, 6.45) is 3.95. The first-order valence-electron chi connectivity index (χ1n) is 5.17. The molecule has 0 amide bonds. The third kappa shape index (κ3) is 3.15. The molecule has 0 aliphatic heterocycles. The van der Waals surface area contributed by atoms with Crippen LogP contribution in [0.25, 0.3) is 0 Å². The Morgan fingerprint density at radius 2 is 2.18 bits per heavy atom. The van der Waals surface area contributed by atoms with E-state index in [2.05, 4.69) is 15.0 Å². The number of H-pyrrole nitrogens is 1. The van der Waals surface area contributed by atoms with Crippen molar-refractivity contribution in [1.29, 1.82) is 0 Å². The van der Waals surface area contributed by atoms with E-state index in [-0.39, 0.29) is 5.56 Å². The fourth-order valence-electron chi connectivity index (χ4n) is 1.36. The molecule has 88 valence electrons. The lowest BCUT2D eigenvalue weighted by molar-refractivity contribution is 0.897. The van der Waals surface area contributed by atoms with Crippen LogP contribution in [0.5, 0.6) is 0 Å². The molecule has 2 rings (SSSR count). The molecule has 0 aliphatic carbocycles. The Kier molecular flexibility index (Phi) is 3.89. The Morgan fingerprint density at radius 1 is 1.29 bits per heavy atom. The van der Waals surface area contributed by atoms with Gasteiger partial charge in [0.2, 0.25) is 0 Å². The van der Waals surface area contributed by atoms with Crippen LogP contribution in [0.2, 0.25) is 0 Å². The molecule has 2 heterocycles. The van der Waals surface area contributed by atoms with Crippen molar-refractivity contribution >= 4 is 11.8 Å². The maximum absolute atomic E-state index is 11.1. The minimum atomic E-state index is -0.168. The molecule has 2 aromatic heterocycles. The molecular weight excluding hydrogens is 236 g/mol. The van der Waals surface area contributed by atoms with Crippen molar-refractivity contribution in [2.75, 3.05) is 6.54 Å². The van der Waals surface area contributed by atoms with Gasteiger partial charge in [0.05, 0.1) is 0 Å². The summed E-state index contributed by atoms with van der Waals surface area (Å²) < 4.78 is 0. The van der Waals surface area contributed by atoms with Crippen LogP contribution in [-0.4, -0.2) is 21.5 Å². The standard InChI is InChI=1S/C11H12N4OS/c12-5-3-8-2-1-6-13-10(8)17-11-14-7-4-9(16)15-11/h1-2,4,6-7H,3,5,12H2,(H,14,15,16). The van der Waals surface area contributed by atoms with Gasteiger partial charge in [-0.15, -0.1) is 0 Å². The van der Waals surface area contributed by atoms with Gasteiger partial charge < -0.3 is 10.7 Å². The van der Waals surface area contributed by atoms with Crippen LogP contribution in [0, 0.1) is 0 Å². The summed E-state index contributed by atoms with van der Waals surface area (Å²) >= 11 is 1.33. The number of nitrogens with one attached hydrogen (secondary N) is 1. The molecule has 17 heavy (non-hydrogen) atoms. The van der Waals surface area contributed by atoms with E-state index < -0.39 is 0 Å². The smallest absolute Gasteiger partial charge is 0.251 e. The van der Waals surface area contributed by atoms with Crippen LogP contribution in [0.4, 0.5) is 0 Å². The molecule has 3 N–H and O–H groups in total. The van der Waals surface area contributed by atoms with Gasteiger partial charge in [-0.25, -0.2) is 9.97 Å². The normalized spacial score (nSPS) is 10.4. The van der Waals surface area contributed by atoms with Gasteiger partial charge in [-0.05, 0) is 36.4 Å². The fourth-order valence-corrected chi connectivity index (χ4v) is 2.22. The highest BCUT2D eigenvalue weighted by Crippen LogP contribution is 2.24. The summed E-state index contributed by atoms with van der Waals surface area (Å²) in [5, 5.41) is 1.36. The highest BCUT2D eigenvalue weighted by molar-refractivity contribution is 7.99. The highest BCUT2D eigenvalue weighted by Gasteiger charge is 2.06. The van der Waals surface area contributed by atoms with Gasteiger partial charge >= 0.3 is 0 Å². The van der Waals surface area contributed by atoms with Gasteiger partial charge in [0, 0.05) is 18.5 Å². The fraction of sp³-hybridized carbons (Fsp3) is 0.182. The number of hydrogen-bond donors (Lipinski definition) is 2. The second kappa shape index (κ2) is 5.60. The lowest BCUT2D eigenvalue weighted by Gasteiger charge is -2.05. The molecule has 0 saturated carbocycles. The zero-order valence-corrected chi connectivity index (χ0v) is 9.91. The van der Waals surface area contributed by atoms with Crippen LogP contribution >= 0.6 is 11.8 Å². The second-order valence-electron chi connectivity index (χ2n) is 3.35. The number of aromatic nitrogens is 3. The molecule has 0 atom stereocenters. The zero-order valence-electron chi connectivity index (χ0n) is 9.09. The number of nitrogens with zero attached hydrogens (tertiary/aromatic N) is 2. The average Bonchev–Trinajstić information content (AvgIpc) is 2.32. The van der Waals surface area contributed by atoms with E-state index in [0.29, 0.717) is 11.7 Å². The van der Waals surface area contributed by atoms with Crippen molar-refractivity contribution in [3.63, 3.8) is 0 Å². The Hall–Kier alpha value is -1.66. The van der Waals surface area contributed by atoms with E-state index in [1.807, 2.05) is 12.1 Å². The van der Waals surface area contributed by atoms with Crippen molar-refractivity contribution < 1.29 is 0 Å². The predicted octanol–water partition coefficient (Wildman–Crippen LogP) is 0.817. The van der Waals surface area contributed by atoms with E-state index in [4.69, 9.17) is 5.73 Å². The van der Waals surface area contributed by atoms with Crippen molar-refractivity contribution in [2.45, 2.75) is 16.6 Å². The van der Waals surface area contributed by atoms with Crippen LogP contribution in [0.1, 0.15) is 5.56 Å². The number of rotatable bonds is 4. The molecule has 2 aromatic rings.